The molecule has 0 unspecified atom stereocenters. The summed E-state index contributed by atoms with van der Waals surface area (Å²) in [5, 5.41) is 0. The minimum atomic E-state index is 0. The van der Waals surface area contributed by atoms with Crippen LogP contribution in [0.2, 0.25) is 0 Å². The summed E-state index contributed by atoms with van der Waals surface area (Å²) in [6.07, 6.45) is 0. The molecule has 0 aliphatic heterocycles. The third kappa shape index (κ3) is 23.1. The fourth-order valence-electron chi connectivity index (χ4n) is 0. The molecule has 0 aromatic heterocycles. The summed E-state index contributed by atoms with van der Waals surface area (Å²) in [4.78, 5) is 0. The van der Waals surface area contributed by atoms with E-state index in [4.69, 9.17) is 0 Å². The maximum atomic E-state index is 0. The van der Waals surface area contributed by atoms with Crippen LogP contribution in [0.3, 0.4) is 0 Å². The van der Waals surface area contributed by atoms with Crippen molar-refractivity contribution in [3.8, 4) is 0 Å². The van der Waals surface area contributed by atoms with E-state index in [1.54, 1.807) is 0 Å². The fourth-order valence-corrected chi connectivity index (χ4v) is 0. The SMILES string of the molecule is [Br-].[Br-].[Cl-].[Cl-].[V+4]. The molecule has 5 heteroatoms. The van der Waals surface area contributed by atoms with Crippen molar-refractivity contribution >= 4 is 0 Å². The van der Waals surface area contributed by atoms with Gasteiger partial charge in [0, 0.05) is 0 Å². The zero-order valence-electron chi connectivity index (χ0n) is 1.96. The van der Waals surface area contributed by atoms with Gasteiger partial charge in [-0.1, -0.05) is 0 Å². The zero-order chi connectivity index (χ0) is 0. The first-order chi connectivity index (χ1) is 0. The van der Waals surface area contributed by atoms with Gasteiger partial charge in [0.1, 0.15) is 0 Å². The maximum absolute atomic E-state index is 0. The van der Waals surface area contributed by atoms with Crippen LogP contribution in [0.15, 0.2) is 0 Å². The van der Waals surface area contributed by atoms with Crippen LogP contribution in [0.25, 0.3) is 0 Å². The summed E-state index contributed by atoms with van der Waals surface area (Å²) in [6, 6.07) is 0. The molecule has 0 amide bonds. The minimum Gasteiger partial charge on any atom is -1.00 e. The molecule has 5 heavy (non-hydrogen) atoms. The van der Waals surface area contributed by atoms with E-state index in [1.165, 1.54) is 0 Å². The van der Waals surface area contributed by atoms with Gasteiger partial charge in [-0.2, -0.15) is 0 Å². The van der Waals surface area contributed by atoms with E-state index in [9.17, 15) is 0 Å². The molecule has 0 spiro atoms. The van der Waals surface area contributed by atoms with Crippen molar-refractivity contribution < 1.29 is 77.3 Å². The molecule has 0 saturated carbocycles. The molecule has 33 valence electrons. The van der Waals surface area contributed by atoms with Crippen molar-refractivity contribution in [2.24, 2.45) is 0 Å². The van der Waals surface area contributed by atoms with E-state index in [2.05, 4.69) is 0 Å². The summed E-state index contributed by atoms with van der Waals surface area (Å²) in [7, 11) is 0. The first-order valence-corrected chi connectivity index (χ1v) is 0. The largest absolute Gasteiger partial charge is 4.00 e. The van der Waals surface area contributed by atoms with Gasteiger partial charge >= 0.3 is 18.6 Å². The smallest absolute Gasteiger partial charge is 1.00 e. The Kier molecular flexibility index (Phi) is 422. The van der Waals surface area contributed by atoms with Crippen molar-refractivity contribution in [2.75, 3.05) is 0 Å². The molecule has 0 aromatic carbocycles. The second-order valence-corrected chi connectivity index (χ2v) is 0. The van der Waals surface area contributed by atoms with Crippen LogP contribution in [0.4, 0.5) is 0 Å². The summed E-state index contributed by atoms with van der Waals surface area (Å²) in [6.45, 7) is 0. The topological polar surface area (TPSA) is 0 Å². The molecule has 1 radical (unpaired) electrons. The molecule has 0 fully saturated rings. The number of halogens is 4. The molecule has 0 saturated heterocycles. The molecule has 0 atom stereocenters. The molecular weight excluding hydrogens is 282 g/mol. The molecule has 0 rings (SSSR count). The molecule has 0 nitrogen and oxygen atoms in total. The second-order valence-electron chi connectivity index (χ2n) is 0. The zero-order valence-corrected chi connectivity index (χ0v) is 8.04. The average Bonchev–Trinajstić information content (AvgIpc) is 0. The predicted molar refractivity (Wildman–Crippen MR) is 0 cm³/mol. The Hall–Kier alpha value is 2.12. The van der Waals surface area contributed by atoms with Gasteiger partial charge in [-0.3, -0.25) is 0 Å². The number of hydrogen-bond acceptors (Lipinski definition) is 0. The quantitative estimate of drug-likeness (QED) is 0.414. The van der Waals surface area contributed by atoms with E-state index >= 15 is 0 Å². The minimum absolute atomic E-state index is 0. The summed E-state index contributed by atoms with van der Waals surface area (Å²) >= 11 is 0. The van der Waals surface area contributed by atoms with Crippen molar-refractivity contribution in [2.45, 2.75) is 0 Å². The van der Waals surface area contributed by atoms with Crippen LogP contribution in [0.1, 0.15) is 0 Å². The Labute approximate surface area is 76.7 Å². The van der Waals surface area contributed by atoms with Crippen LogP contribution in [-0.4, -0.2) is 0 Å². The third-order valence-corrected chi connectivity index (χ3v) is 0. The second kappa shape index (κ2) is 35.6. The average molecular weight is 282 g/mol. The monoisotopic (exact) mass is 279 g/mol. The molecule has 0 heterocycles. The summed E-state index contributed by atoms with van der Waals surface area (Å²) in [5.74, 6) is 0. The van der Waals surface area contributed by atoms with Crippen molar-refractivity contribution in [3.63, 3.8) is 0 Å². The fraction of sp³-hybridized carbons (Fsp3) is 0. The van der Waals surface area contributed by atoms with Gasteiger partial charge in [0.15, 0.2) is 0 Å². The molecule has 0 aliphatic rings. The Morgan fingerprint density at radius 2 is 0.600 bits per heavy atom. The Morgan fingerprint density at radius 3 is 0.600 bits per heavy atom. The Bertz CT molecular complexity index is 7.61. The van der Waals surface area contributed by atoms with E-state index < -0.39 is 0 Å². The van der Waals surface area contributed by atoms with Gasteiger partial charge in [0.25, 0.3) is 0 Å². The Balaban J connectivity index is 0. The van der Waals surface area contributed by atoms with Gasteiger partial charge in [0.05, 0.1) is 0 Å². The van der Waals surface area contributed by atoms with E-state index in [0.29, 0.717) is 0 Å². The number of rotatable bonds is 0. The van der Waals surface area contributed by atoms with Gasteiger partial charge in [0.2, 0.25) is 0 Å². The molecule has 0 bridgehead atoms. The van der Waals surface area contributed by atoms with Crippen molar-refractivity contribution in [3.05, 3.63) is 0 Å². The number of hydrogen-bond donors (Lipinski definition) is 0. The molecule has 0 aliphatic carbocycles. The molecular formula is Br2Cl2V. The predicted octanol–water partition coefficient (Wildman–Crippen LogP) is -12.0. The van der Waals surface area contributed by atoms with Crippen LogP contribution in [0, 0.1) is 0 Å². The van der Waals surface area contributed by atoms with E-state index in [1.807, 2.05) is 0 Å². The normalized spacial score (nSPS) is 0. The van der Waals surface area contributed by atoms with Crippen LogP contribution in [-0.2, 0) is 18.6 Å². The summed E-state index contributed by atoms with van der Waals surface area (Å²) < 4.78 is 0. The first-order valence-electron chi connectivity index (χ1n) is 0. The van der Waals surface area contributed by atoms with Gasteiger partial charge in [-0.15, -0.1) is 0 Å². The molecule has 0 N–H and O–H groups in total. The third-order valence-electron chi connectivity index (χ3n) is 0. The molecule has 0 aromatic rings. The van der Waals surface area contributed by atoms with Gasteiger partial charge in [-0.25, -0.2) is 0 Å². The maximum Gasteiger partial charge on any atom is 4.00 e. The van der Waals surface area contributed by atoms with Crippen molar-refractivity contribution in [1.82, 2.24) is 0 Å². The Morgan fingerprint density at radius 1 is 0.600 bits per heavy atom. The first kappa shape index (κ1) is 59.2. The van der Waals surface area contributed by atoms with Gasteiger partial charge in [-0.05, 0) is 0 Å². The van der Waals surface area contributed by atoms with Crippen molar-refractivity contribution in [1.29, 1.82) is 0 Å². The van der Waals surface area contributed by atoms with Crippen LogP contribution in [0.5, 0.6) is 0 Å². The standard InChI is InChI=1S/2BrH.2ClH.V/h4*1H;/q;;;;+4/p-4. The van der Waals surface area contributed by atoms with Gasteiger partial charge < -0.3 is 58.8 Å². The summed E-state index contributed by atoms with van der Waals surface area (Å²) in [5.41, 5.74) is 0. The van der Waals surface area contributed by atoms with Crippen LogP contribution < -0.4 is 58.8 Å². The van der Waals surface area contributed by atoms with E-state index in [-0.39, 0.29) is 77.3 Å². The van der Waals surface area contributed by atoms with E-state index in [0.717, 1.165) is 0 Å². The van der Waals surface area contributed by atoms with Crippen LogP contribution >= 0.6 is 0 Å².